The van der Waals surface area contributed by atoms with Crippen LogP contribution in [0.1, 0.15) is 37.0 Å². The molecule has 8 heteroatoms. The van der Waals surface area contributed by atoms with Crippen molar-refractivity contribution in [1.82, 2.24) is 14.9 Å². The number of ketones is 1. The summed E-state index contributed by atoms with van der Waals surface area (Å²) in [6, 6.07) is 6.97. The summed E-state index contributed by atoms with van der Waals surface area (Å²) in [4.78, 5) is 25.7. The van der Waals surface area contributed by atoms with Gasteiger partial charge in [0.25, 0.3) is 0 Å². The summed E-state index contributed by atoms with van der Waals surface area (Å²) in [6.07, 6.45) is 3.81. The van der Waals surface area contributed by atoms with Gasteiger partial charge in [-0.25, -0.2) is 4.98 Å². The van der Waals surface area contributed by atoms with Crippen molar-refractivity contribution in [3.63, 3.8) is 0 Å². The summed E-state index contributed by atoms with van der Waals surface area (Å²) in [7, 11) is 0. The number of carbonyl (C=O) groups is 1. The molecular weight excluding hydrogens is 380 g/mol. The molecule has 1 aromatic carbocycles. The van der Waals surface area contributed by atoms with Crippen LogP contribution in [-0.2, 0) is 0 Å². The molecule has 0 bridgehead atoms. The van der Waals surface area contributed by atoms with E-state index >= 15 is 0 Å². The minimum absolute atomic E-state index is 0.0374. The van der Waals surface area contributed by atoms with Gasteiger partial charge >= 0.3 is 0 Å². The summed E-state index contributed by atoms with van der Waals surface area (Å²) in [5, 5.41) is 6.60. The summed E-state index contributed by atoms with van der Waals surface area (Å²) in [5.74, 6) is 1.92. The zero-order chi connectivity index (χ0) is 20.7. The monoisotopic (exact) mass is 408 g/mol. The van der Waals surface area contributed by atoms with Gasteiger partial charge < -0.3 is 20.3 Å². The SMILES string of the molecule is CCN1CCN2c3ccc(Nc4ncc(C(C)=O)c(NC5CC5)n4)cc3OCC2C1. The molecule has 158 valence electrons. The first kappa shape index (κ1) is 19.1. The Hall–Kier alpha value is -2.87. The van der Waals surface area contributed by atoms with Gasteiger partial charge in [-0.3, -0.25) is 9.69 Å². The Labute approximate surface area is 176 Å². The number of anilines is 4. The molecule has 1 aromatic heterocycles. The van der Waals surface area contributed by atoms with Crippen molar-refractivity contribution in [2.75, 3.05) is 48.3 Å². The third-order valence-corrected chi connectivity index (χ3v) is 6.06. The van der Waals surface area contributed by atoms with Gasteiger partial charge in [-0.15, -0.1) is 0 Å². The molecule has 1 aliphatic carbocycles. The minimum Gasteiger partial charge on any atom is -0.489 e. The zero-order valence-electron chi connectivity index (χ0n) is 17.5. The highest BCUT2D eigenvalue weighted by atomic mass is 16.5. The van der Waals surface area contributed by atoms with E-state index in [1.165, 1.54) is 6.92 Å². The van der Waals surface area contributed by atoms with Gasteiger partial charge in [-0.05, 0) is 38.4 Å². The average molecular weight is 409 g/mol. The fraction of sp³-hybridized carbons (Fsp3) is 0.500. The van der Waals surface area contributed by atoms with E-state index in [1.807, 2.05) is 12.1 Å². The highest BCUT2D eigenvalue weighted by Gasteiger charge is 2.32. The van der Waals surface area contributed by atoms with Gasteiger partial charge in [0.05, 0.1) is 17.3 Å². The van der Waals surface area contributed by atoms with Crippen LogP contribution in [0.4, 0.5) is 23.1 Å². The van der Waals surface area contributed by atoms with Gasteiger partial charge in [-0.1, -0.05) is 6.92 Å². The van der Waals surface area contributed by atoms with Gasteiger partial charge in [0.15, 0.2) is 5.78 Å². The molecule has 5 rings (SSSR count). The van der Waals surface area contributed by atoms with Gasteiger partial charge in [-0.2, -0.15) is 4.98 Å². The van der Waals surface area contributed by atoms with Crippen LogP contribution in [0.3, 0.4) is 0 Å². The Balaban J connectivity index is 1.35. The summed E-state index contributed by atoms with van der Waals surface area (Å²) in [5.41, 5.74) is 2.54. The van der Waals surface area contributed by atoms with E-state index < -0.39 is 0 Å². The molecule has 2 aliphatic heterocycles. The fourth-order valence-corrected chi connectivity index (χ4v) is 4.16. The Kier molecular flexibility index (Phi) is 4.94. The lowest BCUT2D eigenvalue weighted by Crippen LogP contribution is -2.57. The molecule has 1 saturated carbocycles. The van der Waals surface area contributed by atoms with E-state index in [9.17, 15) is 4.79 Å². The highest BCUT2D eigenvalue weighted by molar-refractivity contribution is 5.98. The zero-order valence-corrected chi connectivity index (χ0v) is 17.5. The molecule has 0 radical (unpaired) electrons. The Morgan fingerprint density at radius 3 is 2.93 bits per heavy atom. The molecule has 2 fully saturated rings. The second-order valence-corrected chi connectivity index (χ2v) is 8.29. The van der Waals surface area contributed by atoms with Crippen molar-refractivity contribution in [2.45, 2.75) is 38.8 Å². The third kappa shape index (κ3) is 3.79. The first-order chi connectivity index (χ1) is 14.6. The molecule has 0 spiro atoms. The van der Waals surface area contributed by atoms with E-state index in [4.69, 9.17) is 4.74 Å². The second kappa shape index (κ2) is 7.75. The van der Waals surface area contributed by atoms with Crippen LogP contribution in [0, 0.1) is 0 Å². The van der Waals surface area contributed by atoms with E-state index in [1.54, 1.807) is 6.20 Å². The van der Waals surface area contributed by atoms with Crippen molar-refractivity contribution < 1.29 is 9.53 Å². The van der Waals surface area contributed by atoms with Crippen LogP contribution in [0.5, 0.6) is 5.75 Å². The molecule has 0 amide bonds. The quantitative estimate of drug-likeness (QED) is 0.706. The smallest absolute Gasteiger partial charge is 0.229 e. The average Bonchev–Trinajstić information content (AvgIpc) is 3.57. The molecule has 3 heterocycles. The highest BCUT2D eigenvalue weighted by Crippen LogP contribution is 2.37. The largest absolute Gasteiger partial charge is 0.489 e. The minimum atomic E-state index is -0.0374. The molecule has 30 heavy (non-hydrogen) atoms. The van der Waals surface area contributed by atoms with Crippen LogP contribution < -0.4 is 20.3 Å². The molecule has 2 aromatic rings. The number of hydrogen-bond acceptors (Lipinski definition) is 8. The van der Waals surface area contributed by atoms with Crippen molar-refractivity contribution in [1.29, 1.82) is 0 Å². The maximum atomic E-state index is 11.9. The normalized spacial score (nSPS) is 20.7. The molecule has 3 aliphatic rings. The van der Waals surface area contributed by atoms with Crippen molar-refractivity contribution in [2.24, 2.45) is 0 Å². The van der Waals surface area contributed by atoms with Crippen molar-refractivity contribution in [3.05, 3.63) is 30.0 Å². The number of benzene rings is 1. The molecule has 1 unspecified atom stereocenters. The number of nitrogens with zero attached hydrogens (tertiary/aromatic N) is 4. The van der Waals surface area contributed by atoms with E-state index in [0.29, 0.717) is 36.0 Å². The fourth-order valence-electron chi connectivity index (χ4n) is 4.16. The number of Topliss-reactive ketones (excluding diaryl/α,β-unsaturated/α-hetero) is 1. The summed E-state index contributed by atoms with van der Waals surface area (Å²) >= 11 is 0. The van der Waals surface area contributed by atoms with Crippen molar-refractivity contribution >= 4 is 28.9 Å². The summed E-state index contributed by atoms with van der Waals surface area (Å²) in [6.45, 7) is 8.68. The van der Waals surface area contributed by atoms with Gasteiger partial charge in [0, 0.05) is 43.6 Å². The number of piperazine rings is 1. The standard InChI is InChI=1S/C22H28N6O2/c1-3-27-8-9-28-17(12-27)13-30-20-10-16(6-7-19(20)28)25-22-23-11-18(14(2)29)21(26-22)24-15-4-5-15/h6-7,10-11,15,17H,3-5,8-9,12-13H2,1-2H3,(H2,23,24,25,26). The Bertz CT molecular complexity index is 961. The first-order valence-electron chi connectivity index (χ1n) is 10.8. The summed E-state index contributed by atoms with van der Waals surface area (Å²) < 4.78 is 6.09. The second-order valence-electron chi connectivity index (χ2n) is 8.29. The maximum absolute atomic E-state index is 11.9. The predicted octanol–water partition coefficient (Wildman–Crippen LogP) is 2.90. The van der Waals surface area contributed by atoms with Crippen LogP contribution in [0.25, 0.3) is 0 Å². The number of carbonyl (C=O) groups excluding carboxylic acids is 1. The number of ether oxygens (including phenoxy) is 1. The molecule has 1 saturated heterocycles. The molecule has 8 nitrogen and oxygen atoms in total. The molecule has 2 N–H and O–H groups in total. The van der Waals surface area contributed by atoms with Crippen LogP contribution in [0.15, 0.2) is 24.4 Å². The number of likely N-dealkylation sites (N-methyl/N-ethyl adjacent to an activating group) is 1. The number of fused-ring (bicyclic) bond motifs is 3. The van der Waals surface area contributed by atoms with Crippen molar-refractivity contribution in [3.8, 4) is 5.75 Å². The topological polar surface area (TPSA) is 82.6 Å². The first-order valence-corrected chi connectivity index (χ1v) is 10.8. The maximum Gasteiger partial charge on any atom is 0.229 e. The predicted molar refractivity (Wildman–Crippen MR) is 117 cm³/mol. The van der Waals surface area contributed by atoms with Gasteiger partial charge in [0.2, 0.25) is 5.95 Å². The lowest BCUT2D eigenvalue weighted by Gasteiger charge is -2.45. The Morgan fingerprint density at radius 1 is 1.30 bits per heavy atom. The number of nitrogens with one attached hydrogen (secondary N) is 2. The van der Waals surface area contributed by atoms with E-state index in [2.05, 4.69) is 43.4 Å². The molecule has 1 atom stereocenters. The lowest BCUT2D eigenvalue weighted by molar-refractivity contribution is 0.101. The lowest BCUT2D eigenvalue weighted by atomic mass is 10.1. The van der Waals surface area contributed by atoms with Crippen LogP contribution >= 0.6 is 0 Å². The van der Waals surface area contributed by atoms with Crippen LogP contribution in [-0.4, -0.2) is 65.5 Å². The number of rotatable bonds is 6. The van der Waals surface area contributed by atoms with Crippen LogP contribution in [0.2, 0.25) is 0 Å². The third-order valence-electron chi connectivity index (χ3n) is 6.06. The molecular formula is C22H28N6O2. The van der Waals surface area contributed by atoms with E-state index in [0.717, 1.165) is 56.1 Å². The van der Waals surface area contributed by atoms with Gasteiger partial charge in [0.1, 0.15) is 18.2 Å². The number of hydrogen-bond donors (Lipinski definition) is 2. The Morgan fingerprint density at radius 2 is 2.17 bits per heavy atom. The number of aromatic nitrogens is 2. The van der Waals surface area contributed by atoms with E-state index in [-0.39, 0.29) is 5.78 Å².